The van der Waals surface area contributed by atoms with Crippen molar-refractivity contribution >= 4 is 16.7 Å². The Morgan fingerprint density at radius 3 is 2.76 bits per heavy atom. The van der Waals surface area contributed by atoms with E-state index in [1.807, 2.05) is 53.4 Å². The number of amides is 1. The van der Waals surface area contributed by atoms with Crippen LogP contribution in [0.4, 0.5) is 0 Å². The van der Waals surface area contributed by atoms with Crippen molar-refractivity contribution in [1.29, 1.82) is 0 Å². The van der Waals surface area contributed by atoms with Crippen molar-refractivity contribution in [3.8, 4) is 0 Å². The molecule has 1 amide bonds. The van der Waals surface area contributed by atoms with Crippen molar-refractivity contribution < 1.29 is 9.53 Å². The number of rotatable bonds is 4. The van der Waals surface area contributed by atoms with Crippen LogP contribution in [-0.2, 0) is 11.3 Å². The third-order valence-corrected chi connectivity index (χ3v) is 4.64. The number of benzene rings is 2. The highest BCUT2D eigenvalue weighted by Gasteiger charge is 2.28. The van der Waals surface area contributed by atoms with E-state index < -0.39 is 0 Å². The quantitative estimate of drug-likeness (QED) is 0.732. The predicted octanol–water partition coefficient (Wildman–Crippen LogP) is 3.67. The van der Waals surface area contributed by atoms with E-state index in [-0.39, 0.29) is 12.0 Å². The van der Waals surface area contributed by atoms with Crippen LogP contribution >= 0.6 is 0 Å². The Morgan fingerprint density at radius 1 is 1.08 bits per heavy atom. The van der Waals surface area contributed by atoms with Gasteiger partial charge in [0, 0.05) is 24.7 Å². The maximum absolute atomic E-state index is 12.9. The first-order valence-electron chi connectivity index (χ1n) is 8.60. The zero-order chi connectivity index (χ0) is 17.1. The summed E-state index contributed by atoms with van der Waals surface area (Å²) >= 11 is 0. The van der Waals surface area contributed by atoms with E-state index in [1.54, 1.807) is 6.20 Å². The van der Waals surface area contributed by atoms with Crippen LogP contribution in [-0.4, -0.2) is 35.0 Å². The maximum Gasteiger partial charge on any atom is 0.273 e. The number of likely N-dealkylation sites (tertiary alicyclic amines) is 1. The van der Waals surface area contributed by atoms with Gasteiger partial charge in [-0.25, -0.2) is 0 Å². The number of carbonyl (C=O) groups is 1. The van der Waals surface area contributed by atoms with Crippen LogP contribution in [0.1, 0.15) is 22.5 Å². The van der Waals surface area contributed by atoms with E-state index in [0.717, 1.165) is 22.8 Å². The van der Waals surface area contributed by atoms with Gasteiger partial charge in [-0.15, -0.1) is 0 Å². The molecule has 3 aromatic rings. The number of hydrogen-bond donors (Lipinski definition) is 0. The molecule has 4 rings (SSSR count). The van der Waals surface area contributed by atoms with Gasteiger partial charge in [0.2, 0.25) is 0 Å². The summed E-state index contributed by atoms with van der Waals surface area (Å²) in [5.74, 6) is -0.0115. The van der Waals surface area contributed by atoms with Gasteiger partial charge in [-0.05, 0) is 23.4 Å². The Balaban J connectivity index is 1.43. The molecular formula is C21H20N2O2. The molecule has 1 atom stereocenters. The normalized spacial score (nSPS) is 17.1. The molecule has 0 aliphatic carbocycles. The first-order valence-corrected chi connectivity index (χ1v) is 8.60. The number of fused-ring (bicyclic) bond motifs is 1. The van der Waals surface area contributed by atoms with Gasteiger partial charge < -0.3 is 9.64 Å². The lowest BCUT2D eigenvalue weighted by Gasteiger charge is -2.17. The second kappa shape index (κ2) is 7.03. The molecule has 2 aromatic carbocycles. The predicted molar refractivity (Wildman–Crippen MR) is 97.3 cm³/mol. The van der Waals surface area contributed by atoms with Crippen molar-refractivity contribution in [3.63, 3.8) is 0 Å². The van der Waals surface area contributed by atoms with Crippen molar-refractivity contribution in [2.24, 2.45) is 0 Å². The van der Waals surface area contributed by atoms with Gasteiger partial charge in [0.1, 0.15) is 5.69 Å². The molecular weight excluding hydrogens is 312 g/mol. The largest absolute Gasteiger partial charge is 0.372 e. The smallest absolute Gasteiger partial charge is 0.273 e. The highest BCUT2D eigenvalue weighted by atomic mass is 16.5. The molecule has 1 aromatic heterocycles. The average molecular weight is 332 g/mol. The van der Waals surface area contributed by atoms with Crippen LogP contribution in [0.25, 0.3) is 10.8 Å². The summed E-state index contributed by atoms with van der Waals surface area (Å²) < 4.78 is 5.98. The molecule has 1 fully saturated rings. The van der Waals surface area contributed by atoms with Crippen LogP contribution < -0.4 is 0 Å². The van der Waals surface area contributed by atoms with E-state index in [2.05, 4.69) is 17.1 Å². The SMILES string of the molecule is O=C(c1nccc2ccccc12)N1CCC(OCc2ccccc2)C1. The Bertz CT molecular complexity index is 874. The Labute approximate surface area is 147 Å². The van der Waals surface area contributed by atoms with Gasteiger partial charge in [-0.3, -0.25) is 9.78 Å². The van der Waals surface area contributed by atoms with Gasteiger partial charge in [0.15, 0.2) is 0 Å². The van der Waals surface area contributed by atoms with Crippen LogP contribution in [0.15, 0.2) is 66.9 Å². The summed E-state index contributed by atoms with van der Waals surface area (Å²) in [5.41, 5.74) is 1.69. The average Bonchev–Trinajstić information content (AvgIpc) is 3.15. The molecule has 2 heterocycles. The number of aromatic nitrogens is 1. The zero-order valence-electron chi connectivity index (χ0n) is 14.0. The van der Waals surface area contributed by atoms with Crippen LogP contribution in [0.3, 0.4) is 0 Å². The molecule has 1 aliphatic heterocycles. The fourth-order valence-electron chi connectivity index (χ4n) is 3.28. The molecule has 4 nitrogen and oxygen atoms in total. The summed E-state index contributed by atoms with van der Waals surface area (Å²) in [7, 11) is 0. The summed E-state index contributed by atoms with van der Waals surface area (Å²) in [4.78, 5) is 19.1. The molecule has 0 saturated carbocycles. The second-order valence-electron chi connectivity index (χ2n) is 6.34. The Kier molecular flexibility index (Phi) is 4.44. The fraction of sp³-hybridized carbons (Fsp3) is 0.238. The lowest BCUT2D eigenvalue weighted by molar-refractivity contribution is 0.0437. The molecule has 126 valence electrons. The highest BCUT2D eigenvalue weighted by Crippen LogP contribution is 2.21. The molecule has 1 saturated heterocycles. The van der Waals surface area contributed by atoms with Gasteiger partial charge in [0.05, 0.1) is 12.7 Å². The fourth-order valence-corrected chi connectivity index (χ4v) is 3.28. The topological polar surface area (TPSA) is 42.4 Å². The molecule has 1 unspecified atom stereocenters. The number of pyridine rings is 1. The first-order chi connectivity index (χ1) is 12.3. The third kappa shape index (κ3) is 3.39. The molecule has 0 bridgehead atoms. The van der Waals surface area contributed by atoms with Gasteiger partial charge in [-0.2, -0.15) is 0 Å². The Hall–Kier alpha value is -2.72. The number of carbonyl (C=O) groups excluding carboxylic acids is 1. The van der Waals surface area contributed by atoms with E-state index in [9.17, 15) is 4.79 Å². The van der Waals surface area contributed by atoms with Crippen LogP contribution in [0.5, 0.6) is 0 Å². The summed E-state index contributed by atoms with van der Waals surface area (Å²) in [6, 6.07) is 19.9. The van der Waals surface area contributed by atoms with Gasteiger partial charge in [0.25, 0.3) is 5.91 Å². The van der Waals surface area contributed by atoms with E-state index in [1.165, 1.54) is 0 Å². The standard InChI is InChI=1S/C21H20N2O2/c24-21(20-19-9-5-4-8-17(19)10-12-22-20)23-13-11-18(14-23)25-15-16-6-2-1-3-7-16/h1-10,12,18H,11,13-15H2. The van der Waals surface area contributed by atoms with Crippen molar-refractivity contribution in [3.05, 3.63) is 78.1 Å². The van der Waals surface area contributed by atoms with Gasteiger partial charge >= 0.3 is 0 Å². The minimum Gasteiger partial charge on any atom is -0.372 e. The van der Waals surface area contributed by atoms with E-state index in [0.29, 0.717) is 25.4 Å². The lowest BCUT2D eigenvalue weighted by atomic mass is 10.1. The summed E-state index contributed by atoms with van der Waals surface area (Å²) in [5, 5.41) is 1.94. The second-order valence-corrected chi connectivity index (χ2v) is 6.34. The molecule has 25 heavy (non-hydrogen) atoms. The van der Waals surface area contributed by atoms with Crippen molar-refractivity contribution in [2.45, 2.75) is 19.1 Å². The molecule has 0 N–H and O–H groups in total. The van der Waals surface area contributed by atoms with Gasteiger partial charge in [-0.1, -0.05) is 54.6 Å². The Morgan fingerprint density at radius 2 is 1.88 bits per heavy atom. The van der Waals surface area contributed by atoms with E-state index >= 15 is 0 Å². The number of nitrogens with zero attached hydrogens (tertiary/aromatic N) is 2. The van der Waals surface area contributed by atoms with Crippen LogP contribution in [0.2, 0.25) is 0 Å². The third-order valence-electron chi connectivity index (χ3n) is 4.64. The number of hydrogen-bond acceptors (Lipinski definition) is 3. The summed E-state index contributed by atoms with van der Waals surface area (Å²) in [6.07, 6.45) is 2.65. The monoisotopic (exact) mass is 332 g/mol. The summed E-state index contributed by atoms with van der Waals surface area (Å²) in [6.45, 7) is 1.92. The lowest BCUT2D eigenvalue weighted by Crippen LogP contribution is -2.31. The maximum atomic E-state index is 12.9. The first kappa shape index (κ1) is 15.8. The molecule has 1 aliphatic rings. The zero-order valence-corrected chi connectivity index (χ0v) is 14.0. The molecule has 0 radical (unpaired) electrons. The highest BCUT2D eigenvalue weighted by molar-refractivity contribution is 6.05. The van der Waals surface area contributed by atoms with Crippen molar-refractivity contribution in [2.75, 3.05) is 13.1 Å². The van der Waals surface area contributed by atoms with Crippen LogP contribution in [0, 0.1) is 0 Å². The number of ether oxygens (including phenoxy) is 1. The van der Waals surface area contributed by atoms with Crippen molar-refractivity contribution in [1.82, 2.24) is 9.88 Å². The molecule has 4 heteroatoms. The molecule has 0 spiro atoms. The minimum atomic E-state index is -0.0115. The minimum absolute atomic E-state index is 0.0115. The van der Waals surface area contributed by atoms with E-state index in [4.69, 9.17) is 4.74 Å².